The number of hydrogen-bond donors (Lipinski definition) is 2. The van der Waals surface area contributed by atoms with Crippen molar-refractivity contribution < 1.29 is 17.9 Å². The SMILES string of the molecule is O=c1c(Nc2ccc(C3=CCCC3)cc2OC(F)(F)F)nccn1-c1ccc(CCc2nn[nH]n2)cc1. The predicted molar refractivity (Wildman–Crippen MR) is 130 cm³/mol. The first-order chi connectivity index (χ1) is 17.9. The monoisotopic (exact) mass is 509 g/mol. The van der Waals surface area contributed by atoms with Crippen molar-refractivity contribution in [2.75, 3.05) is 5.32 Å². The predicted octanol–water partition coefficient (Wildman–Crippen LogP) is 4.74. The first kappa shape index (κ1) is 24.2. The van der Waals surface area contributed by atoms with Crippen LogP contribution in [0.5, 0.6) is 5.75 Å². The molecule has 37 heavy (non-hydrogen) atoms. The highest BCUT2D eigenvalue weighted by Gasteiger charge is 2.32. The van der Waals surface area contributed by atoms with Crippen LogP contribution in [0.2, 0.25) is 0 Å². The fraction of sp³-hybridized carbons (Fsp3) is 0.240. The van der Waals surface area contributed by atoms with Crippen molar-refractivity contribution in [1.82, 2.24) is 30.2 Å². The Balaban J connectivity index is 1.39. The van der Waals surface area contributed by atoms with Crippen LogP contribution in [0, 0.1) is 0 Å². The molecular formula is C25H22F3N7O2. The van der Waals surface area contributed by atoms with Gasteiger partial charge in [0, 0.05) is 24.5 Å². The summed E-state index contributed by atoms with van der Waals surface area (Å²) in [6, 6.07) is 11.8. The molecule has 0 atom stereocenters. The number of anilines is 2. The number of aryl methyl sites for hydroxylation is 2. The number of aromatic nitrogens is 6. The summed E-state index contributed by atoms with van der Waals surface area (Å²) >= 11 is 0. The van der Waals surface area contributed by atoms with Gasteiger partial charge in [-0.2, -0.15) is 5.21 Å². The molecule has 5 rings (SSSR count). The largest absolute Gasteiger partial charge is 0.573 e. The van der Waals surface area contributed by atoms with Crippen molar-refractivity contribution in [1.29, 1.82) is 0 Å². The maximum Gasteiger partial charge on any atom is 0.573 e. The van der Waals surface area contributed by atoms with Gasteiger partial charge in [-0.25, -0.2) is 4.98 Å². The van der Waals surface area contributed by atoms with Crippen LogP contribution in [0.4, 0.5) is 24.7 Å². The van der Waals surface area contributed by atoms with Gasteiger partial charge in [0.15, 0.2) is 17.4 Å². The van der Waals surface area contributed by atoms with E-state index in [2.05, 4.69) is 35.7 Å². The lowest BCUT2D eigenvalue weighted by atomic mass is 10.0. The Labute approximate surface area is 209 Å². The van der Waals surface area contributed by atoms with Crippen LogP contribution in [0.15, 0.2) is 65.7 Å². The van der Waals surface area contributed by atoms with E-state index < -0.39 is 17.7 Å². The van der Waals surface area contributed by atoms with Crippen molar-refractivity contribution in [2.24, 2.45) is 0 Å². The van der Waals surface area contributed by atoms with E-state index in [0.29, 0.717) is 29.9 Å². The number of nitrogens with one attached hydrogen (secondary N) is 2. The summed E-state index contributed by atoms with van der Waals surface area (Å²) in [6.07, 6.45) is 3.93. The van der Waals surface area contributed by atoms with E-state index in [1.165, 1.54) is 29.1 Å². The van der Waals surface area contributed by atoms with Crippen LogP contribution in [0.3, 0.4) is 0 Å². The molecular weight excluding hydrogens is 487 g/mol. The second kappa shape index (κ2) is 10.2. The Hall–Kier alpha value is -4.48. The van der Waals surface area contributed by atoms with Crippen LogP contribution in [0.1, 0.15) is 36.2 Å². The third-order valence-corrected chi connectivity index (χ3v) is 5.95. The van der Waals surface area contributed by atoms with Gasteiger partial charge in [-0.1, -0.05) is 29.5 Å². The maximum absolute atomic E-state index is 13.2. The minimum atomic E-state index is -4.89. The summed E-state index contributed by atoms with van der Waals surface area (Å²) < 4.78 is 45.1. The number of alkyl halides is 3. The first-order valence-electron chi connectivity index (χ1n) is 11.6. The molecule has 1 aliphatic rings. The van der Waals surface area contributed by atoms with E-state index >= 15 is 0 Å². The molecule has 2 heterocycles. The number of aromatic amines is 1. The zero-order chi connectivity index (χ0) is 25.8. The van der Waals surface area contributed by atoms with Gasteiger partial charge in [0.1, 0.15) is 0 Å². The summed E-state index contributed by atoms with van der Waals surface area (Å²) in [7, 11) is 0. The maximum atomic E-state index is 13.2. The van der Waals surface area contributed by atoms with Crippen LogP contribution in [-0.2, 0) is 12.8 Å². The minimum Gasteiger partial charge on any atom is -0.404 e. The molecule has 4 aromatic rings. The highest BCUT2D eigenvalue weighted by atomic mass is 19.4. The standard InChI is InChI=1S/C25H22F3N7O2/c26-25(27,28)37-21-15-18(17-3-1-2-4-17)8-11-20(21)30-23-24(36)35(14-13-29-23)19-9-5-16(6-10-19)7-12-22-31-33-34-32-22/h3,5-6,8-11,13-15H,1-2,4,7,12H2,(H,29,30)(H,31,32,33,34). The van der Waals surface area contributed by atoms with Gasteiger partial charge in [0.2, 0.25) is 0 Å². The number of rotatable bonds is 8. The van der Waals surface area contributed by atoms with Gasteiger partial charge in [-0.3, -0.25) is 9.36 Å². The normalized spacial score (nSPS) is 13.4. The first-order valence-corrected chi connectivity index (χ1v) is 11.6. The summed E-state index contributed by atoms with van der Waals surface area (Å²) in [5, 5.41) is 16.5. The van der Waals surface area contributed by atoms with Gasteiger partial charge in [0.25, 0.3) is 5.56 Å². The molecule has 0 radical (unpaired) electrons. The van der Waals surface area contributed by atoms with Crippen molar-refractivity contribution in [3.8, 4) is 11.4 Å². The molecule has 0 bridgehead atoms. The van der Waals surface area contributed by atoms with Gasteiger partial charge >= 0.3 is 6.36 Å². The van der Waals surface area contributed by atoms with E-state index in [-0.39, 0.29) is 11.5 Å². The highest BCUT2D eigenvalue weighted by Crippen LogP contribution is 2.36. The number of nitrogens with zero attached hydrogens (tertiary/aromatic N) is 5. The second-order valence-electron chi connectivity index (χ2n) is 8.45. The Morgan fingerprint density at radius 2 is 1.95 bits per heavy atom. The molecule has 0 unspecified atom stereocenters. The van der Waals surface area contributed by atoms with Gasteiger partial charge in [0.05, 0.1) is 5.69 Å². The van der Waals surface area contributed by atoms with Crippen LogP contribution in [-0.4, -0.2) is 36.5 Å². The third-order valence-electron chi connectivity index (χ3n) is 5.95. The topological polar surface area (TPSA) is 111 Å². The Kier molecular flexibility index (Phi) is 6.71. The molecule has 0 fully saturated rings. The molecule has 0 saturated carbocycles. The van der Waals surface area contributed by atoms with E-state index in [0.717, 1.165) is 30.4 Å². The van der Waals surface area contributed by atoms with E-state index in [4.69, 9.17) is 0 Å². The molecule has 2 aromatic heterocycles. The van der Waals surface area contributed by atoms with Crippen molar-refractivity contribution in [3.63, 3.8) is 0 Å². The lowest BCUT2D eigenvalue weighted by Gasteiger charge is -2.16. The van der Waals surface area contributed by atoms with Crippen molar-refractivity contribution in [3.05, 3.63) is 88.2 Å². The lowest BCUT2D eigenvalue weighted by Crippen LogP contribution is -2.22. The van der Waals surface area contributed by atoms with Gasteiger partial charge in [-0.05, 0) is 66.6 Å². The quantitative estimate of drug-likeness (QED) is 0.353. The summed E-state index contributed by atoms with van der Waals surface area (Å²) in [5.41, 5.74) is 2.68. The van der Waals surface area contributed by atoms with Crippen molar-refractivity contribution in [2.45, 2.75) is 38.5 Å². The second-order valence-corrected chi connectivity index (χ2v) is 8.45. The lowest BCUT2D eigenvalue weighted by molar-refractivity contribution is -0.274. The summed E-state index contributed by atoms with van der Waals surface area (Å²) in [5.74, 6) is 0.0379. The number of hydrogen-bond acceptors (Lipinski definition) is 7. The van der Waals surface area contributed by atoms with Gasteiger partial charge < -0.3 is 10.1 Å². The Morgan fingerprint density at radius 3 is 2.65 bits per heavy atom. The average molecular weight is 509 g/mol. The smallest absolute Gasteiger partial charge is 0.404 e. The highest BCUT2D eigenvalue weighted by molar-refractivity contribution is 5.73. The minimum absolute atomic E-state index is 0.0150. The molecule has 0 amide bonds. The molecule has 190 valence electrons. The summed E-state index contributed by atoms with van der Waals surface area (Å²) in [4.78, 5) is 17.2. The third kappa shape index (κ3) is 5.85. The van der Waals surface area contributed by atoms with Crippen molar-refractivity contribution >= 4 is 17.1 Å². The zero-order valence-corrected chi connectivity index (χ0v) is 19.5. The number of ether oxygens (including phenoxy) is 1. The van der Waals surface area contributed by atoms with E-state index in [1.807, 2.05) is 18.2 Å². The van der Waals surface area contributed by atoms with Gasteiger partial charge in [-0.15, -0.1) is 23.4 Å². The Bertz CT molecular complexity index is 1460. The average Bonchev–Trinajstić information content (AvgIpc) is 3.59. The fourth-order valence-corrected chi connectivity index (χ4v) is 4.16. The molecule has 2 aromatic carbocycles. The molecule has 9 nitrogen and oxygen atoms in total. The molecule has 1 aliphatic carbocycles. The molecule has 2 N–H and O–H groups in total. The molecule has 0 saturated heterocycles. The fourth-order valence-electron chi connectivity index (χ4n) is 4.16. The Morgan fingerprint density at radius 1 is 1.11 bits per heavy atom. The number of benzene rings is 2. The van der Waals surface area contributed by atoms with Crippen LogP contribution < -0.4 is 15.6 Å². The number of halogens is 3. The van der Waals surface area contributed by atoms with E-state index in [1.54, 1.807) is 18.2 Å². The zero-order valence-electron chi connectivity index (χ0n) is 19.5. The number of tetrazole rings is 1. The molecule has 0 aliphatic heterocycles. The molecule has 0 spiro atoms. The van der Waals surface area contributed by atoms with E-state index in [9.17, 15) is 18.0 Å². The van der Waals surface area contributed by atoms with Crippen LogP contribution in [0.25, 0.3) is 11.3 Å². The number of allylic oxidation sites excluding steroid dienone is 2. The van der Waals surface area contributed by atoms with Crippen LogP contribution >= 0.6 is 0 Å². The molecule has 12 heteroatoms. The number of H-pyrrole nitrogens is 1. The summed E-state index contributed by atoms with van der Waals surface area (Å²) in [6.45, 7) is 0.